The van der Waals surface area contributed by atoms with Gasteiger partial charge in [-0.2, -0.15) is 0 Å². The number of aryl methyl sites for hydroxylation is 1. The molecule has 1 saturated carbocycles. The van der Waals surface area contributed by atoms with Crippen molar-refractivity contribution in [2.45, 2.75) is 46.0 Å². The van der Waals surface area contributed by atoms with E-state index in [1.807, 2.05) is 0 Å². The van der Waals surface area contributed by atoms with Crippen LogP contribution in [0.3, 0.4) is 0 Å². The van der Waals surface area contributed by atoms with Gasteiger partial charge in [0, 0.05) is 11.8 Å². The van der Waals surface area contributed by atoms with Crippen molar-refractivity contribution in [3.63, 3.8) is 0 Å². The first-order chi connectivity index (χ1) is 13.5. The summed E-state index contributed by atoms with van der Waals surface area (Å²) in [6.07, 6.45) is 14.4. The minimum Gasteiger partial charge on any atom is -0.0955 e. The van der Waals surface area contributed by atoms with Crippen molar-refractivity contribution >= 4 is 0 Å². The summed E-state index contributed by atoms with van der Waals surface area (Å²) < 4.78 is 0. The Bertz CT molecular complexity index is 1000. The zero-order valence-electron chi connectivity index (χ0n) is 17.4. The van der Waals surface area contributed by atoms with Crippen molar-refractivity contribution < 1.29 is 0 Å². The van der Waals surface area contributed by atoms with E-state index >= 15 is 0 Å². The third-order valence-electron chi connectivity index (χ3n) is 6.54. The smallest absolute Gasteiger partial charge is 0.0203 e. The Morgan fingerprint density at radius 2 is 1.96 bits per heavy atom. The zero-order chi connectivity index (χ0) is 19.8. The van der Waals surface area contributed by atoms with E-state index in [0.29, 0.717) is 11.8 Å². The lowest BCUT2D eigenvalue weighted by atomic mass is 9.68. The summed E-state index contributed by atoms with van der Waals surface area (Å²) in [5, 5.41) is 0. The molecule has 142 valence electrons. The number of fused-ring (bicyclic) bond motifs is 1. The maximum Gasteiger partial charge on any atom is 0.0203 e. The van der Waals surface area contributed by atoms with E-state index in [0.717, 1.165) is 19.3 Å². The lowest BCUT2D eigenvalue weighted by Crippen LogP contribution is -2.21. The average Bonchev–Trinajstić information content (AvgIpc) is 3.29. The van der Waals surface area contributed by atoms with Gasteiger partial charge in [0.2, 0.25) is 0 Å². The molecule has 0 N–H and O–H groups in total. The van der Waals surface area contributed by atoms with E-state index in [4.69, 9.17) is 0 Å². The van der Waals surface area contributed by atoms with Crippen LogP contribution < -0.4 is 0 Å². The molecule has 1 aromatic rings. The van der Waals surface area contributed by atoms with Crippen molar-refractivity contribution in [3.05, 3.63) is 118 Å². The van der Waals surface area contributed by atoms with Gasteiger partial charge in [0.05, 0.1) is 0 Å². The Kier molecular flexibility index (Phi) is 4.98. The van der Waals surface area contributed by atoms with E-state index in [9.17, 15) is 0 Å². The van der Waals surface area contributed by atoms with E-state index in [1.54, 1.807) is 0 Å². The van der Waals surface area contributed by atoms with Gasteiger partial charge in [-0.25, -0.2) is 0 Å². The normalized spacial score (nSPS) is 25.2. The molecule has 2 unspecified atom stereocenters. The number of benzene rings is 1. The molecular weight excluding hydrogens is 336 g/mol. The second-order valence-corrected chi connectivity index (χ2v) is 8.33. The van der Waals surface area contributed by atoms with Crippen LogP contribution in [-0.2, 0) is 0 Å². The third-order valence-corrected chi connectivity index (χ3v) is 6.54. The zero-order valence-corrected chi connectivity index (χ0v) is 17.4. The molecule has 0 aliphatic heterocycles. The second kappa shape index (κ2) is 7.43. The molecule has 0 spiro atoms. The van der Waals surface area contributed by atoms with E-state index in [-0.39, 0.29) is 0 Å². The minimum atomic E-state index is 0.322. The molecule has 0 bridgehead atoms. The number of hydrogen-bond donors (Lipinski definition) is 0. The van der Waals surface area contributed by atoms with Crippen molar-refractivity contribution in [3.8, 4) is 0 Å². The highest BCUT2D eigenvalue weighted by Crippen LogP contribution is 2.55. The first-order valence-electron chi connectivity index (χ1n) is 10.4. The fraction of sp³-hybridized carbons (Fsp3) is 0.286. The van der Waals surface area contributed by atoms with E-state index < -0.39 is 0 Å². The summed E-state index contributed by atoms with van der Waals surface area (Å²) in [6, 6.07) is 8.85. The molecule has 0 heteroatoms. The van der Waals surface area contributed by atoms with Gasteiger partial charge in [-0.05, 0) is 72.1 Å². The van der Waals surface area contributed by atoms with Crippen LogP contribution >= 0.6 is 0 Å². The van der Waals surface area contributed by atoms with Gasteiger partial charge >= 0.3 is 0 Å². The maximum absolute atomic E-state index is 4.60. The van der Waals surface area contributed by atoms with Crippen LogP contribution in [0.5, 0.6) is 0 Å². The summed E-state index contributed by atoms with van der Waals surface area (Å²) >= 11 is 0. The van der Waals surface area contributed by atoms with Crippen LogP contribution in [0.1, 0.15) is 50.2 Å². The molecule has 0 saturated heterocycles. The van der Waals surface area contributed by atoms with Crippen molar-refractivity contribution in [1.29, 1.82) is 0 Å². The monoisotopic (exact) mass is 366 g/mol. The lowest BCUT2D eigenvalue weighted by Gasteiger charge is -2.35. The van der Waals surface area contributed by atoms with Gasteiger partial charge < -0.3 is 0 Å². The molecule has 4 rings (SSSR count). The minimum absolute atomic E-state index is 0.322. The molecule has 0 amide bonds. The van der Waals surface area contributed by atoms with Crippen molar-refractivity contribution in [1.82, 2.24) is 0 Å². The first kappa shape index (κ1) is 18.7. The largest absolute Gasteiger partial charge is 0.0955 e. The Labute approximate surface area is 170 Å². The Balaban J connectivity index is 1.83. The van der Waals surface area contributed by atoms with E-state index in [2.05, 4.69) is 88.6 Å². The van der Waals surface area contributed by atoms with Gasteiger partial charge in [0.1, 0.15) is 0 Å². The summed E-state index contributed by atoms with van der Waals surface area (Å²) in [6.45, 7) is 15.8. The molecule has 1 aromatic carbocycles. The number of rotatable bonds is 4. The Morgan fingerprint density at radius 1 is 1.18 bits per heavy atom. The van der Waals surface area contributed by atoms with Crippen LogP contribution in [0.25, 0.3) is 0 Å². The molecule has 2 atom stereocenters. The topological polar surface area (TPSA) is 0 Å². The van der Waals surface area contributed by atoms with Crippen LogP contribution in [0.15, 0.2) is 107 Å². The highest BCUT2D eigenvalue weighted by molar-refractivity contribution is 5.62. The van der Waals surface area contributed by atoms with Crippen molar-refractivity contribution in [2.24, 2.45) is 5.92 Å². The van der Waals surface area contributed by atoms with Gasteiger partial charge in [-0.1, -0.05) is 85.9 Å². The maximum atomic E-state index is 4.60. The van der Waals surface area contributed by atoms with Gasteiger partial charge in [0.25, 0.3) is 0 Å². The fourth-order valence-electron chi connectivity index (χ4n) is 5.09. The Hall–Kier alpha value is -2.60. The molecule has 0 heterocycles. The van der Waals surface area contributed by atoms with Gasteiger partial charge in [-0.3, -0.25) is 0 Å². The Morgan fingerprint density at radius 3 is 2.64 bits per heavy atom. The van der Waals surface area contributed by atoms with Crippen LogP contribution in [0.2, 0.25) is 0 Å². The standard InChI is InChI=1S/C28H30/c1-6-18(2)26-20(4)15-24-17-23(16-22-12-8-9-13-22)21(5)27(24)28(26)25-14-10-7-11-19(25)3/h7-12,14-16,27-28H,2,5-6,13,17H2,1,3-4H3/b23-16+. The van der Waals surface area contributed by atoms with Crippen LogP contribution in [0.4, 0.5) is 0 Å². The highest BCUT2D eigenvalue weighted by atomic mass is 14.4. The van der Waals surface area contributed by atoms with E-state index in [1.165, 1.54) is 50.1 Å². The molecule has 3 aliphatic rings. The number of hydrogen-bond acceptors (Lipinski definition) is 0. The van der Waals surface area contributed by atoms with Gasteiger partial charge in [0.15, 0.2) is 0 Å². The molecular formula is C28H30. The quantitative estimate of drug-likeness (QED) is 0.512. The molecule has 1 fully saturated rings. The molecule has 0 radical (unpaired) electrons. The average molecular weight is 367 g/mol. The lowest BCUT2D eigenvalue weighted by molar-refractivity contribution is 0.619. The van der Waals surface area contributed by atoms with Gasteiger partial charge in [-0.15, -0.1) is 0 Å². The first-order valence-corrected chi connectivity index (χ1v) is 10.4. The van der Waals surface area contributed by atoms with Crippen LogP contribution in [0, 0.1) is 12.8 Å². The molecule has 0 nitrogen and oxygen atoms in total. The summed E-state index contributed by atoms with van der Waals surface area (Å²) in [5.74, 6) is 0.673. The summed E-state index contributed by atoms with van der Waals surface area (Å²) in [7, 11) is 0. The fourth-order valence-corrected chi connectivity index (χ4v) is 5.09. The van der Waals surface area contributed by atoms with Crippen molar-refractivity contribution in [2.75, 3.05) is 0 Å². The summed E-state index contributed by atoms with van der Waals surface area (Å²) in [5.41, 5.74) is 12.4. The molecule has 3 aliphatic carbocycles. The predicted octanol–water partition coefficient (Wildman–Crippen LogP) is 7.69. The third kappa shape index (κ3) is 3.11. The predicted molar refractivity (Wildman–Crippen MR) is 121 cm³/mol. The number of allylic oxidation sites excluding steroid dienone is 12. The summed E-state index contributed by atoms with van der Waals surface area (Å²) in [4.78, 5) is 0. The molecule has 0 aromatic heterocycles. The SMILES string of the molecule is C=C(CC)C1=C(C)C=C2C/C(=C\C3=CC=CC3)C(=C)C2C1c1ccccc1C. The highest BCUT2D eigenvalue weighted by Gasteiger charge is 2.41. The second-order valence-electron chi connectivity index (χ2n) is 8.33. The van der Waals surface area contributed by atoms with Crippen LogP contribution in [-0.4, -0.2) is 0 Å². The molecule has 28 heavy (non-hydrogen) atoms.